The predicted molar refractivity (Wildman–Crippen MR) is 90.5 cm³/mol. The second kappa shape index (κ2) is 7.23. The summed E-state index contributed by atoms with van der Waals surface area (Å²) in [5, 5.41) is 0. The first kappa shape index (κ1) is 18.0. The summed E-state index contributed by atoms with van der Waals surface area (Å²) in [4.78, 5) is 18.6. The molecule has 0 saturated carbocycles. The molecular weight excluding hydrogens is 331 g/mol. The maximum atomic E-state index is 12.9. The molecule has 0 radical (unpaired) electrons. The predicted octanol–water partition coefficient (Wildman–Crippen LogP) is 2.84. The summed E-state index contributed by atoms with van der Waals surface area (Å²) >= 11 is 0. The van der Waals surface area contributed by atoms with Gasteiger partial charge in [0.1, 0.15) is 0 Å². The first-order valence-corrected chi connectivity index (χ1v) is 8.77. The van der Waals surface area contributed by atoms with Gasteiger partial charge in [-0.05, 0) is 44.6 Å². The van der Waals surface area contributed by atoms with Crippen LogP contribution in [0.5, 0.6) is 0 Å². The molecule has 0 bridgehead atoms. The Hall–Kier alpha value is -1.76. The lowest BCUT2D eigenvalue weighted by atomic mass is 10.0. The highest BCUT2D eigenvalue weighted by atomic mass is 19.4. The molecule has 0 aromatic heterocycles. The Balaban J connectivity index is 1.61. The number of nitrogens with zero attached hydrogens (tertiary/aromatic N) is 3. The van der Waals surface area contributed by atoms with Crippen molar-refractivity contribution >= 4 is 11.6 Å². The third-order valence-corrected chi connectivity index (χ3v) is 5.19. The number of carbonyl (C=O) groups excluding carboxylic acids is 1. The molecular formula is C18H24F3N3O. The van der Waals surface area contributed by atoms with Crippen molar-refractivity contribution in [3.8, 4) is 0 Å². The number of likely N-dealkylation sites (N-methyl/N-ethyl adjacent to an activating group) is 1. The molecule has 0 aliphatic carbocycles. The Morgan fingerprint density at radius 1 is 1.08 bits per heavy atom. The molecule has 1 aromatic rings. The van der Waals surface area contributed by atoms with Gasteiger partial charge in [0.05, 0.1) is 11.6 Å². The van der Waals surface area contributed by atoms with Gasteiger partial charge in [-0.1, -0.05) is 12.5 Å². The average Bonchev–Trinajstić information content (AvgIpc) is 2.61. The number of alkyl halides is 3. The number of benzene rings is 1. The average molecular weight is 355 g/mol. The molecule has 25 heavy (non-hydrogen) atoms. The van der Waals surface area contributed by atoms with E-state index in [4.69, 9.17) is 0 Å². The third-order valence-electron chi connectivity index (χ3n) is 5.19. The summed E-state index contributed by atoms with van der Waals surface area (Å²) in [6.07, 6.45) is -1.24. The van der Waals surface area contributed by atoms with Crippen molar-refractivity contribution in [2.75, 3.05) is 44.7 Å². The summed E-state index contributed by atoms with van der Waals surface area (Å²) in [6.45, 7) is 3.17. The fourth-order valence-corrected chi connectivity index (χ4v) is 3.66. The number of piperazine rings is 1. The summed E-state index contributed by atoms with van der Waals surface area (Å²) in [5.41, 5.74) is -0.0657. The molecule has 0 N–H and O–H groups in total. The highest BCUT2D eigenvalue weighted by Gasteiger charge is 2.33. The molecule has 2 aliphatic heterocycles. The molecule has 2 saturated heterocycles. The Labute approximate surface area is 146 Å². The zero-order valence-electron chi connectivity index (χ0n) is 14.4. The number of amides is 1. The molecule has 2 fully saturated rings. The Morgan fingerprint density at radius 2 is 1.80 bits per heavy atom. The summed E-state index contributed by atoms with van der Waals surface area (Å²) in [7, 11) is 1.99. The van der Waals surface area contributed by atoms with Gasteiger partial charge >= 0.3 is 6.18 Å². The lowest BCUT2D eigenvalue weighted by Gasteiger charge is -2.40. The van der Waals surface area contributed by atoms with Gasteiger partial charge in [-0.3, -0.25) is 9.69 Å². The number of hydrogen-bond donors (Lipinski definition) is 0. The number of likely N-dealkylation sites (tertiary alicyclic amines) is 1. The van der Waals surface area contributed by atoms with Crippen LogP contribution in [0.15, 0.2) is 24.3 Å². The van der Waals surface area contributed by atoms with Crippen molar-refractivity contribution in [3.63, 3.8) is 0 Å². The fourth-order valence-electron chi connectivity index (χ4n) is 3.66. The molecule has 2 aliphatic rings. The van der Waals surface area contributed by atoms with Gasteiger partial charge in [-0.2, -0.15) is 13.2 Å². The standard InChI is InChI=1S/C18H24F3N3O/c1-22-8-3-2-7-16(22)17(25)24-11-9-23(10-12-24)15-6-4-5-14(13-15)18(19,20)21/h4-6,13,16H,2-3,7-12H2,1H3/t16-/m0/s1. The van der Waals surface area contributed by atoms with Gasteiger partial charge in [-0.25, -0.2) is 0 Å². The van der Waals surface area contributed by atoms with Crippen LogP contribution in [0.3, 0.4) is 0 Å². The molecule has 4 nitrogen and oxygen atoms in total. The van der Waals surface area contributed by atoms with Gasteiger partial charge < -0.3 is 9.80 Å². The summed E-state index contributed by atoms with van der Waals surface area (Å²) < 4.78 is 38.6. The van der Waals surface area contributed by atoms with Crippen LogP contribution in [-0.2, 0) is 11.0 Å². The van der Waals surface area contributed by atoms with Gasteiger partial charge in [0, 0.05) is 31.9 Å². The third kappa shape index (κ3) is 4.08. The largest absolute Gasteiger partial charge is 0.416 e. The van der Waals surface area contributed by atoms with E-state index in [2.05, 4.69) is 4.90 Å². The van der Waals surface area contributed by atoms with Crippen LogP contribution in [0, 0.1) is 0 Å². The van der Waals surface area contributed by atoms with Crippen molar-refractivity contribution in [1.82, 2.24) is 9.80 Å². The number of piperidine rings is 1. The monoisotopic (exact) mass is 355 g/mol. The number of carbonyl (C=O) groups is 1. The first-order valence-electron chi connectivity index (χ1n) is 8.77. The van der Waals surface area contributed by atoms with E-state index in [1.165, 1.54) is 12.1 Å². The topological polar surface area (TPSA) is 26.8 Å². The zero-order valence-corrected chi connectivity index (χ0v) is 14.4. The van der Waals surface area contributed by atoms with Gasteiger partial charge in [-0.15, -0.1) is 0 Å². The fraction of sp³-hybridized carbons (Fsp3) is 0.611. The second-order valence-electron chi connectivity index (χ2n) is 6.85. The quantitative estimate of drug-likeness (QED) is 0.816. The van der Waals surface area contributed by atoms with Crippen LogP contribution >= 0.6 is 0 Å². The highest BCUT2D eigenvalue weighted by molar-refractivity contribution is 5.82. The lowest BCUT2D eigenvalue weighted by molar-refractivity contribution is -0.138. The second-order valence-corrected chi connectivity index (χ2v) is 6.85. The number of halogens is 3. The van der Waals surface area contributed by atoms with Crippen molar-refractivity contribution < 1.29 is 18.0 Å². The van der Waals surface area contributed by atoms with Crippen LogP contribution in [0.25, 0.3) is 0 Å². The SMILES string of the molecule is CN1CCCC[C@H]1C(=O)N1CCN(c2cccc(C(F)(F)F)c2)CC1. The van der Waals surface area contributed by atoms with Gasteiger partial charge in [0.15, 0.2) is 0 Å². The smallest absolute Gasteiger partial charge is 0.368 e. The molecule has 3 rings (SSSR count). The van der Waals surface area contributed by atoms with E-state index in [0.29, 0.717) is 31.9 Å². The van der Waals surface area contributed by atoms with E-state index in [0.717, 1.165) is 31.9 Å². The van der Waals surface area contributed by atoms with Crippen molar-refractivity contribution in [3.05, 3.63) is 29.8 Å². The highest BCUT2D eigenvalue weighted by Crippen LogP contribution is 2.32. The molecule has 138 valence electrons. The van der Waals surface area contributed by atoms with Crippen molar-refractivity contribution in [1.29, 1.82) is 0 Å². The lowest BCUT2D eigenvalue weighted by Crippen LogP contribution is -2.55. The molecule has 0 unspecified atom stereocenters. The van der Waals surface area contributed by atoms with Gasteiger partial charge in [0.25, 0.3) is 0 Å². The van der Waals surface area contributed by atoms with Gasteiger partial charge in [0.2, 0.25) is 5.91 Å². The minimum Gasteiger partial charge on any atom is -0.368 e. The minimum atomic E-state index is -4.33. The molecule has 1 aromatic carbocycles. The zero-order chi connectivity index (χ0) is 18.0. The number of anilines is 1. The molecule has 1 amide bonds. The minimum absolute atomic E-state index is 0.0474. The van der Waals surface area contributed by atoms with E-state index >= 15 is 0 Å². The van der Waals surface area contributed by atoms with Crippen LogP contribution in [-0.4, -0.2) is 61.5 Å². The van der Waals surface area contributed by atoms with Crippen molar-refractivity contribution in [2.24, 2.45) is 0 Å². The van der Waals surface area contributed by atoms with E-state index in [1.54, 1.807) is 6.07 Å². The Morgan fingerprint density at radius 3 is 2.44 bits per heavy atom. The Kier molecular flexibility index (Phi) is 5.22. The summed E-state index contributed by atoms with van der Waals surface area (Å²) in [5.74, 6) is 0.158. The normalized spacial score (nSPS) is 23.0. The molecule has 7 heteroatoms. The first-order chi connectivity index (χ1) is 11.9. The van der Waals surface area contributed by atoms with Crippen molar-refractivity contribution in [2.45, 2.75) is 31.5 Å². The number of hydrogen-bond acceptors (Lipinski definition) is 3. The van der Waals surface area contributed by atoms with Crippen LogP contribution in [0.4, 0.5) is 18.9 Å². The van der Waals surface area contributed by atoms with Crippen LogP contribution in [0.2, 0.25) is 0 Å². The number of rotatable bonds is 2. The van der Waals surface area contributed by atoms with E-state index in [-0.39, 0.29) is 11.9 Å². The maximum Gasteiger partial charge on any atom is 0.416 e. The molecule has 0 spiro atoms. The van der Waals surface area contributed by atoms with Crippen LogP contribution < -0.4 is 4.90 Å². The summed E-state index contributed by atoms with van der Waals surface area (Å²) in [6, 6.07) is 5.36. The van der Waals surface area contributed by atoms with E-state index < -0.39 is 11.7 Å². The van der Waals surface area contributed by atoms with E-state index in [9.17, 15) is 18.0 Å². The molecule has 2 heterocycles. The Bertz CT molecular complexity index is 612. The van der Waals surface area contributed by atoms with Crippen LogP contribution in [0.1, 0.15) is 24.8 Å². The molecule has 1 atom stereocenters. The van der Waals surface area contributed by atoms with E-state index in [1.807, 2.05) is 16.8 Å². The maximum absolute atomic E-state index is 12.9.